The third-order valence-corrected chi connectivity index (χ3v) is 6.16. The Bertz CT molecular complexity index is 942. The van der Waals surface area contributed by atoms with Gasteiger partial charge in [-0.2, -0.15) is 0 Å². The molecule has 1 heterocycles. The molecule has 146 valence electrons. The van der Waals surface area contributed by atoms with Gasteiger partial charge in [0, 0.05) is 11.6 Å². The average Bonchev–Trinajstić information content (AvgIpc) is 3.20. The SMILES string of the molecule is CCc1ccc(C[S+]([O-])c2cc(C(=O)O)c(NCc3ccco3)cc2Cl)cc1. The Morgan fingerprint density at radius 3 is 2.54 bits per heavy atom. The lowest BCUT2D eigenvalue weighted by Crippen LogP contribution is -2.11. The molecule has 0 spiro atoms. The predicted molar refractivity (Wildman–Crippen MR) is 110 cm³/mol. The van der Waals surface area contributed by atoms with E-state index < -0.39 is 17.1 Å². The highest BCUT2D eigenvalue weighted by molar-refractivity contribution is 7.90. The fourth-order valence-corrected chi connectivity index (χ4v) is 4.35. The second-order valence-electron chi connectivity index (χ2n) is 6.23. The Labute approximate surface area is 171 Å². The second-order valence-corrected chi connectivity index (χ2v) is 8.05. The molecule has 5 nitrogen and oxygen atoms in total. The van der Waals surface area contributed by atoms with Crippen LogP contribution in [-0.4, -0.2) is 15.6 Å². The molecule has 3 rings (SSSR count). The van der Waals surface area contributed by atoms with Crippen molar-refractivity contribution in [2.75, 3.05) is 5.32 Å². The van der Waals surface area contributed by atoms with E-state index in [4.69, 9.17) is 16.0 Å². The Hall–Kier alpha value is -2.41. The first-order valence-electron chi connectivity index (χ1n) is 8.77. The summed E-state index contributed by atoms with van der Waals surface area (Å²) in [6, 6.07) is 14.3. The van der Waals surface area contributed by atoms with E-state index in [2.05, 4.69) is 12.2 Å². The molecule has 1 aromatic heterocycles. The highest BCUT2D eigenvalue weighted by Crippen LogP contribution is 2.31. The zero-order valence-corrected chi connectivity index (χ0v) is 16.8. The number of aromatic carboxylic acids is 1. The van der Waals surface area contributed by atoms with Crippen molar-refractivity contribution in [1.82, 2.24) is 0 Å². The van der Waals surface area contributed by atoms with Gasteiger partial charge in [0.25, 0.3) is 0 Å². The molecular weight excluding hydrogens is 398 g/mol. The largest absolute Gasteiger partial charge is 0.611 e. The molecule has 0 saturated heterocycles. The maximum Gasteiger partial charge on any atom is 0.337 e. The van der Waals surface area contributed by atoms with Gasteiger partial charge in [-0.15, -0.1) is 0 Å². The summed E-state index contributed by atoms with van der Waals surface area (Å²) in [7, 11) is 0. The monoisotopic (exact) mass is 417 g/mol. The molecule has 0 radical (unpaired) electrons. The molecule has 0 fully saturated rings. The number of aryl methyl sites for hydroxylation is 1. The first-order valence-corrected chi connectivity index (χ1v) is 10.5. The molecule has 0 bridgehead atoms. The summed E-state index contributed by atoms with van der Waals surface area (Å²) in [5.41, 5.74) is 2.47. The minimum absolute atomic E-state index is 0.0145. The standard InChI is InChI=1S/C21H20ClNO4S/c1-2-14-5-7-15(8-6-14)13-28(26)20-10-17(21(24)25)19(11-18(20)22)23-12-16-4-3-9-27-16/h3-11,23H,2,12-13H2,1H3,(H,24,25). The number of furan rings is 1. The summed E-state index contributed by atoms with van der Waals surface area (Å²) in [5.74, 6) is -0.193. The van der Waals surface area contributed by atoms with Crippen LogP contribution in [0.4, 0.5) is 5.69 Å². The molecule has 28 heavy (non-hydrogen) atoms. The molecule has 3 aromatic rings. The first kappa shape index (κ1) is 20.3. The second kappa shape index (κ2) is 9.19. The van der Waals surface area contributed by atoms with Gasteiger partial charge in [-0.3, -0.25) is 0 Å². The molecule has 0 aliphatic rings. The Morgan fingerprint density at radius 1 is 1.21 bits per heavy atom. The Balaban J connectivity index is 1.81. The fourth-order valence-electron chi connectivity index (χ4n) is 2.75. The molecule has 0 aliphatic carbocycles. The van der Waals surface area contributed by atoms with Gasteiger partial charge in [0.1, 0.15) is 11.5 Å². The van der Waals surface area contributed by atoms with Crippen LogP contribution in [0.2, 0.25) is 5.02 Å². The van der Waals surface area contributed by atoms with E-state index >= 15 is 0 Å². The number of hydrogen-bond acceptors (Lipinski definition) is 4. The van der Waals surface area contributed by atoms with Crippen LogP contribution in [0, 0.1) is 0 Å². The summed E-state index contributed by atoms with van der Waals surface area (Å²) in [5, 5.41) is 12.8. The van der Waals surface area contributed by atoms with Crippen LogP contribution in [0.3, 0.4) is 0 Å². The number of rotatable bonds is 8. The normalized spacial score (nSPS) is 12.0. The van der Waals surface area contributed by atoms with Crippen molar-refractivity contribution >= 4 is 34.4 Å². The van der Waals surface area contributed by atoms with Crippen LogP contribution in [0.25, 0.3) is 0 Å². The van der Waals surface area contributed by atoms with Crippen LogP contribution in [-0.2, 0) is 29.9 Å². The van der Waals surface area contributed by atoms with E-state index in [1.165, 1.54) is 17.7 Å². The summed E-state index contributed by atoms with van der Waals surface area (Å²) in [6.45, 7) is 2.39. The average molecular weight is 418 g/mol. The van der Waals surface area contributed by atoms with Crippen molar-refractivity contribution in [3.05, 3.63) is 82.3 Å². The van der Waals surface area contributed by atoms with Crippen molar-refractivity contribution in [3.63, 3.8) is 0 Å². The number of carboxylic acid groups (broad SMARTS) is 1. The smallest absolute Gasteiger partial charge is 0.337 e. The van der Waals surface area contributed by atoms with Crippen LogP contribution in [0.15, 0.2) is 64.1 Å². The lowest BCUT2D eigenvalue weighted by Gasteiger charge is -2.15. The number of hydrogen-bond donors (Lipinski definition) is 2. The van der Waals surface area contributed by atoms with Crippen LogP contribution >= 0.6 is 11.6 Å². The lowest BCUT2D eigenvalue weighted by atomic mass is 10.1. The Morgan fingerprint density at radius 2 is 1.93 bits per heavy atom. The van der Waals surface area contributed by atoms with Gasteiger partial charge in [-0.25, -0.2) is 4.79 Å². The molecule has 0 amide bonds. The minimum Gasteiger partial charge on any atom is -0.611 e. The lowest BCUT2D eigenvalue weighted by molar-refractivity contribution is 0.0697. The molecule has 0 aliphatic heterocycles. The summed E-state index contributed by atoms with van der Waals surface area (Å²) >= 11 is 4.86. The van der Waals surface area contributed by atoms with Gasteiger partial charge in [-0.05, 0) is 41.4 Å². The zero-order chi connectivity index (χ0) is 20.1. The minimum atomic E-state index is -1.46. The van der Waals surface area contributed by atoms with Gasteiger partial charge >= 0.3 is 5.97 Å². The predicted octanol–water partition coefficient (Wildman–Crippen LogP) is 5.11. The van der Waals surface area contributed by atoms with E-state index in [0.29, 0.717) is 22.9 Å². The Kier molecular flexibility index (Phi) is 6.67. The summed E-state index contributed by atoms with van der Waals surface area (Å²) in [4.78, 5) is 12.0. The summed E-state index contributed by atoms with van der Waals surface area (Å²) in [6.07, 6.45) is 2.48. The number of carboxylic acids is 1. The molecule has 1 unspecified atom stereocenters. The summed E-state index contributed by atoms with van der Waals surface area (Å²) < 4.78 is 18.1. The number of benzene rings is 2. The number of nitrogens with one attached hydrogen (secondary N) is 1. The third-order valence-electron chi connectivity index (χ3n) is 4.31. The zero-order valence-electron chi connectivity index (χ0n) is 15.3. The van der Waals surface area contributed by atoms with E-state index in [-0.39, 0.29) is 16.3 Å². The van der Waals surface area contributed by atoms with Crippen LogP contribution in [0.1, 0.15) is 34.2 Å². The molecule has 0 saturated carbocycles. The van der Waals surface area contributed by atoms with Crippen LogP contribution in [0.5, 0.6) is 0 Å². The van der Waals surface area contributed by atoms with E-state index in [1.807, 2.05) is 24.3 Å². The van der Waals surface area contributed by atoms with E-state index in [0.717, 1.165) is 12.0 Å². The molecule has 7 heteroatoms. The molecule has 2 N–H and O–H groups in total. The van der Waals surface area contributed by atoms with Crippen LogP contribution < -0.4 is 5.32 Å². The van der Waals surface area contributed by atoms with Crippen molar-refractivity contribution in [2.45, 2.75) is 30.5 Å². The van der Waals surface area contributed by atoms with E-state index in [1.54, 1.807) is 18.4 Å². The number of carbonyl (C=O) groups is 1. The number of halogens is 1. The van der Waals surface area contributed by atoms with Crippen molar-refractivity contribution in [3.8, 4) is 0 Å². The van der Waals surface area contributed by atoms with Gasteiger partial charge < -0.3 is 19.4 Å². The topological polar surface area (TPSA) is 85.5 Å². The van der Waals surface area contributed by atoms with Crippen molar-refractivity contribution in [1.29, 1.82) is 0 Å². The van der Waals surface area contributed by atoms with Crippen molar-refractivity contribution in [2.24, 2.45) is 0 Å². The number of anilines is 1. The first-order chi connectivity index (χ1) is 13.5. The maximum absolute atomic E-state index is 12.8. The molecular formula is C21H20ClNO4S. The van der Waals surface area contributed by atoms with E-state index in [9.17, 15) is 14.5 Å². The highest BCUT2D eigenvalue weighted by atomic mass is 35.5. The van der Waals surface area contributed by atoms with Gasteiger partial charge in [0.2, 0.25) is 0 Å². The van der Waals surface area contributed by atoms with Crippen molar-refractivity contribution < 1.29 is 18.9 Å². The highest BCUT2D eigenvalue weighted by Gasteiger charge is 2.22. The maximum atomic E-state index is 12.8. The molecule has 1 atom stereocenters. The fraction of sp³-hybridized carbons (Fsp3) is 0.190. The van der Waals surface area contributed by atoms with Gasteiger partial charge in [-0.1, -0.05) is 42.8 Å². The quantitative estimate of drug-likeness (QED) is 0.497. The third kappa shape index (κ3) is 4.90. The van der Waals surface area contributed by atoms with Gasteiger partial charge in [0.05, 0.1) is 29.1 Å². The molecule has 2 aromatic carbocycles. The van der Waals surface area contributed by atoms with Gasteiger partial charge in [0.15, 0.2) is 4.90 Å².